The van der Waals surface area contributed by atoms with Gasteiger partial charge in [0, 0.05) is 30.9 Å². The Morgan fingerprint density at radius 1 is 1.53 bits per heavy atom. The van der Waals surface area contributed by atoms with Crippen molar-refractivity contribution in [1.82, 2.24) is 15.3 Å². The first-order valence-corrected chi connectivity index (χ1v) is 5.82. The van der Waals surface area contributed by atoms with Crippen LogP contribution in [0.3, 0.4) is 0 Å². The molecule has 5 heteroatoms. The molecule has 1 aromatic rings. The number of amides is 1. The molecule has 0 aliphatic rings. The van der Waals surface area contributed by atoms with Gasteiger partial charge in [-0.1, -0.05) is 0 Å². The van der Waals surface area contributed by atoms with Crippen molar-refractivity contribution in [3.8, 4) is 0 Å². The second-order valence-corrected chi connectivity index (χ2v) is 4.40. The lowest BCUT2D eigenvalue weighted by molar-refractivity contribution is -0.125. The first-order valence-electron chi connectivity index (χ1n) is 5.82. The Bertz CT molecular complexity index is 379. The van der Waals surface area contributed by atoms with Crippen LogP contribution in [0, 0.1) is 12.8 Å². The summed E-state index contributed by atoms with van der Waals surface area (Å²) in [5.41, 5.74) is 6.48. The van der Waals surface area contributed by atoms with Crippen molar-refractivity contribution in [2.24, 2.45) is 11.7 Å². The highest BCUT2D eigenvalue weighted by molar-refractivity contribution is 5.79. The molecule has 0 saturated carbocycles. The molecule has 1 unspecified atom stereocenters. The lowest BCUT2D eigenvalue weighted by atomic mass is 10.0. The lowest BCUT2D eigenvalue weighted by Gasteiger charge is -2.16. The second-order valence-electron chi connectivity index (χ2n) is 4.40. The summed E-state index contributed by atoms with van der Waals surface area (Å²) in [5, 5.41) is 2.87. The molecule has 1 aromatic heterocycles. The van der Waals surface area contributed by atoms with E-state index in [1.807, 2.05) is 26.8 Å². The van der Waals surface area contributed by atoms with Crippen LogP contribution in [0.2, 0.25) is 0 Å². The third kappa shape index (κ3) is 4.48. The van der Waals surface area contributed by atoms with Gasteiger partial charge in [-0.2, -0.15) is 0 Å². The van der Waals surface area contributed by atoms with E-state index in [0.717, 1.165) is 5.69 Å². The molecular weight excluding hydrogens is 216 g/mol. The molecule has 94 valence electrons. The van der Waals surface area contributed by atoms with E-state index >= 15 is 0 Å². The Morgan fingerprint density at radius 2 is 2.24 bits per heavy atom. The van der Waals surface area contributed by atoms with E-state index in [2.05, 4.69) is 15.3 Å². The van der Waals surface area contributed by atoms with Crippen LogP contribution in [-0.2, 0) is 11.2 Å². The van der Waals surface area contributed by atoms with Crippen molar-refractivity contribution in [3.63, 3.8) is 0 Å². The molecule has 1 rings (SSSR count). The van der Waals surface area contributed by atoms with E-state index in [1.54, 1.807) is 6.20 Å². The summed E-state index contributed by atoms with van der Waals surface area (Å²) in [6, 6.07) is 1.95. The van der Waals surface area contributed by atoms with Gasteiger partial charge in [0.05, 0.1) is 5.92 Å². The molecule has 1 amide bonds. The van der Waals surface area contributed by atoms with Gasteiger partial charge in [-0.15, -0.1) is 0 Å². The highest BCUT2D eigenvalue weighted by Crippen LogP contribution is 2.06. The largest absolute Gasteiger partial charge is 0.354 e. The van der Waals surface area contributed by atoms with Crippen LogP contribution in [0.4, 0.5) is 0 Å². The predicted octanol–water partition coefficient (Wildman–Crippen LogP) is 0.427. The third-order valence-corrected chi connectivity index (χ3v) is 2.38. The lowest BCUT2D eigenvalue weighted by Crippen LogP contribution is -2.39. The number of carbonyl (C=O) groups excluding carboxylic acids is 1. The number of nitrogens with zero attached hydrogens (tertiary/aromatic N) is 2. The van der Waals surface area contributed by atoms with Crippen molar-refractivity contribution >= 4 is 5.91 Å². The minimum atomic E-state index is -0.230. The van der Waals surface area contributed by atoms with Gasteiger partial charge in [-0.05, 0) is 26.8 Å². The van der Waals surface area contributed by atoms with Crippen molar-refractivity contribution in [2.75, 3.05) is 6.54 Å². The summed E-state index contributed by atoms with van der Waals surface area (Å²) in [6.45, 7) is 6.01. The molecule has 1 atom stereocenters. The highest BCUT2D eigenvalue weighted by atomic mass is 16.1. The number of hydrogen-bond acceptors (Lipinski definition) is 4. The van der Waals surface area contributed by atoms with Crippen molar-refractivity contribution in [2.45, 2.75) is 33.2 Å². The Morgan fingerprint density at radius 3 is 2.76 bits per heavy atom. The number of nitrogens with one attached hydrogen (secondary N) is 1. The minimum absolute atomic E-state index is 0.0150. The number of nitrogens with two attached hydrogens (primary N) is 1. The maximum Gasteiger partial charge on any atom is 0.224 e. The Hall–Kier alpha value is -1.49. The molecule has 0 radical (unpaired) electrons. The van der Waals surface area contributed by atoms with Gasteiger partial charge in [0.15, 0.2) is 0 Å². The van der Waals surface area contributed by atoms with Crippen molar-refractivity contribution < 1.29 is 4.79 Å². The van der Waals surface area contributed by atoms with Crippen LogP contribution in [-0.4, -0.2) is 28.5 Å². The molecule has 5 nitrogen and oxygen atoms in total. The fourth-order valence-corrected chi connectivity index (χ4v) is 1.56. The van der Waals surface area contributed by atoms with Gasteiger partial charge in [0.2, 0.25) is 5.91 Å². The minimum Gasteiger partial charge on any atom is -0.354 e. The molecular formula is C12H20N4O. The molecule has 0 saturated heterocycles. The first-order chi connectivity index (χ1) is 8.02. The molecule has 0 aliphatic heterocycles. The highest BCUT2D eigenvalue weighted by Gasteiger charge is 2.18. The molecule has 0 spiro atoms. The van der Waals surface area contributed by atoms with Crippen LogP contribution in [0.15, 0.2) is 12.3 Å². The van der Waals surface area contributed by atoms with E-state index < -0.39 is 0 Å². The summed E-state index contributed by atoms with van der Waals surface area (Å²) in [7, 11) is 0. The molecule has 0 aromatic carbocycles. The zero-order valence-electron chi connectivity index (χ0n) is 10.6. The predicted molar refractivity (Wildman–Crippen MR) is 66.3 cm³/mol. The molecule has 17 heavy (non-hydrogen) atoms. The molecule has 0 bridgehead atoms. The van der Waals surface area contributed by atoms with E-state index in [1.165, 1.54) is 0 Å². The van der Waals surface area contributed by atoms with E-state index in [9.17, 15) is 4.79 Å². The monoisotopic (exact) mass is 236 g/mol. The fourth-order valence-electron chi connectivity index (χ4n) is 1.56. The Labute approximate surface area is 102 Å². The van der Waals surface area contributed by atoms with Crippen molar-refractivity contribution in [1.29, 1.82) is 0 Å². The van der Waals surface area contributed by atoms with E-state index in [0.29, 0.717) is 18.8 Å². The Balaban J connectivity index is 2.66. The van der Waals surface area contributed by atoms with E-state index in [4.69, 9.17) is 5.73 Å². The van der Waals surface area contributed by atoms with Crippen LogP contribution in [0.25, 0.3) is 0 Å². The summed E-state index contributed by atoms with van der Waals surface area (Å²) in [6.07, 6.45) is 2.25. The summed E-state index contributed by atoms with van der Waals surface area (Å²) >= 11 is 0. The van der Waals surface area contributed by atoms with Gasteiger partial charge >= 0.3 is 0 Å². The van der Waals surface area contributed by atoms with Crippen LogP contribution < -0.4 is 11.1 Å². The van der Waals surface area contributed by atoms with Gasteiger partial charge in [-0.3, -0.25) is 4.79 Å². The van der Waals surface area contributed by atoms with Crippen molar-refractivity contribution in [3.05, 3.63) is 23.8 Å². The topological polar surface area (TPSA) is 80.9 Å². The molecule has 0 fully saturated rings. The fraction of sp³-hybridized carbons (Fsp3) is 0.583. The number of aryl methyl sites for hydroxylation is 1. The summed E-state index contributed by atoms with van der Waals surface area (Å²) in [4.78, 5) is 20.1. The van der Waals surface area contributed by atoms with Crippen LogP contribution >= 0.6 is 0 Å². The zero-order chi connectivity index (χ0) is 12.8. The average Bonchev–Trinajstić information content (AvgIpc) is 2.24. The number of carbonyl (C=O) groups is 1. The van der Waals surface area contributed by atoms with Crippen LogP contribution in [0.5, 0.6) is 0 Å². The quantitative estimate of drug-likeness (QED) is 0.776. The SMILES string of the molecule is Cc1nccc(CC(CN)C(=O)NC(C)C)n1. The van der Waals surface area contributed by atoms with Gasteiger partial charge in [0.1, 0.15) is 5.82 Å². The summed E-state index contributed by atoms with van der Waals surface area (Å²) in [5.74, 6) is 0.466. The van der Waals surface area contributed by atoms with Crippen LogP contribution in [0.1, 0.15) is 25.4 Å². The summed E-state index contributed by atoms with van der Waals surface area (Å²) < 4.78 is 0. The third-order valence-electron chi connectivity index (χ3n) is 2.38. The van der Waals surface area contributed by atoms with Gasteiger partial charge < -0.3 is 11.1 Å². The maximum absolute atomic E-state index is 11.8. The van der Waals surface area contributed by atoms with Gasteiger partial charge in [-0.25, -0.2) is 9.97 Å². The zero-order valence-corrected chi connectivity index (χ0v) is 10.6. The molecule has 0 aliphatic carbocycles. The normalized spacial score (nSPS) is 12.5. The molecule has 3 N–H and O–H groups in total. The van der Waals surface area contributed by atoms with E-state index in [-0.39, 0.29) is 17.9 Å². The van der Waals surface area contributed by atoms with Gasteiger partial charge in [0.25, 0.3) is 0 Å². The number of aromatic nitrogens is 2. The maximum atomic E-state index is 11.8. The smallest absolute Gasteiger partial charge is 0.224 e. The second kappa shape index (κ2) is 6.30. The average molecular weight is 236 g/mol. The number of rotatable bonds is 5. The Kier molecular flexibility index (Phi) is 5.03. The standard InChI is InChI=1S/C12H20N4O/c1-8(2)15-12(17)10(7-13)6-11-4-5-14-9(3)16-11/h4-5,8,10H,6-7,13H2,1-3H3,(H,15,17). The molecule has 1 heterocycles. The first kappa shape index (κ1) is 13.6. The number of hydrogen-bond donors (Lipinski definition) is 2.